The van der Waals surface area contributed by atoms with Gasteiger partial charge in [0.25, 0.3) is 0 Å². The van der Waals surface area contributed by atoms with Gasteiger partial charge in [-0.2, -0.15) is 0 Å². The summed E-state index contributed by atoms with van der Waals surface area (Å²) in [6, 6.07) is 0. The molecular weight excluding hydrogens is 168 g/mol. The van der Waals surface area contributed by atoms with Gasteiger partial charge in [-0.25, -0.2) is 4.79 Å². The van der Waals surface area contributed by atoms with Gasteiger partial charge in [0.1, 0.15) is 0 Å². The molecule has 13 heavy (non-hydrogen) atoms. The van der Waals surface area contributed by atoms with E-state index in [0.29, 0.717) is 6.61 Å². The molecule has 0 rings (SSSR count). The summed E-state index contributed by atoms with van der Waals surface area (Å²) in [6.45, 7) is 8.30. The zero-order chi connectivity index (χ0) is 10.5. The third-order valence-corrected chi connectivity index (χ3v) is 2.33. The fourth-order valence-electron chi connectivity index (χ4n) is 1.05. The topological polar surface area (TPSA) is 46.5 Å². The maximum atomic E-state index is 10.9. The average molecular weight is 188 g/mol. The number of aliphatic carboxylic acids is 1. The Bertz CT molecular complexity index is 164. The lowest BCUT2D eigenvalue weighted by Gasteiger charge is -2.29. The molecule has 1 N–H and O–H groups in total. The van der Waals surface area contributed by atoms with E-state index >= 15 is 0 Å². The first-order chi connectivity index (χ1) is 5.95. The first-order valence-corrected chi connectivity index (χ1v) is 4.80. The first-order valence-electron chi connectivity index (χ1n) is 4.80. The summed E-state index contributed by atoms with van der Waals surface area (Å²) in [4.78, 5) is 10.9. The van der Waals surface area contributed by atoms with Crippen LogP contribution in [0.4, 0.5) is 0 Å². The summed E-state index contributed by atoms with van der Waals surface area (Å²) >= 11 is 0. The summed E-state index contributed by atoms with van der Waals surface area (Å²) in [6.07, 6.45) is 0.967. The average Bonchev–Trinajstić information content (AvgIpc) is 2.04. The van der Waals surface area contributed by atoms with Gasteiger partial charge in [-0.05, 0) is 12.8 Å². The monoisotopic (exact) mass is 188 g/mol. The second-order valence-corrected chi connectivity index (χ2v) is 3.93. The van der Waals surface area contributed by atoms with E-state index in [4.69, 9.17) is 9.84 Å². The maximum absolute atomic E-state index is 10.9. The number of carboxylic acids is 1. The second-order valence-electron chi connectivity index (χ2n) is 3.93. The standard InChI is InChI=1S/C10H20O3/c1-5-7-13-8(9(11)12)10(3,4)6-2/h8H,5-7H2,1-4H3,(H,11,12). The van der Waals surface area contributed by atoms with Crippen LogP contribution in [0.3, 0.4) is 0 Å². The number of rotatable bonds is 6. The van der Waals surface area contributed by atoms with Gasteiger partial charge in [-0.3, -0.25) is 0 Å². The van der Waals surface area contributed by atoms with E-state index in [1.54, 1.807) is 0 Å². The van der Waals surface area contributed by atoms with Crippen molar-refractivity contribution in [1.82, 2.24) is 0 Å². The van der Waals surface area contributed by atoms with E-state index in [1.807, 2.05) is 27.7 Å². The lowest BCUT2D eigenvalue weighted by atomic mass is 9.84. The molecule has 0 aromatic heterocycles. The van der Waals surface area contributed by atoms with E-state index in [1.165, 1.54) is 0 Å². The molecule has 0 bridgehead atoms. The van der Waals surface area contributed by atoms with Gasteiger partial charge in [0.15, 0.2) is 6.10 Å². The van der Waals surface area contributed by atoms with E-state index < -0.39 is 12.1 Å². The van der Waals surface area contributed by atoms with Crippen molar-refractivity contribution in [3.05, 3.63) is 0 Å². The van der Waals surface area contributed by atoms with Gasteiger partial charge in [0.2, 0.25) is 0 Å². The predicted octanol–water partition coefficient (Wildman–Crippen LogP) is 2.30. The van der Waals surface area contributed by atoms with Crippen LogP contribution in [0, 0.1) is 5.41 Å². The van der Waals surface area contributed by atoms with Crippen molar-refractivity contribution in [2.75, 3.05) is 6.61 Å². The Morgan fingerprint density at radius 3 is 2.31 bits per heavy atom. The smallest absolute Gasteiger partial charge is 0.333 e. The van der Waals surface area contributed by atoms with Crippen molar-refractivity contribution >= 4 is 5.97 Å². The highest BCUT2D eigenvalue weighted by molar-refractivity contribution is 5.73. The molecule has 0 saturated carbocycles. The quantitative estimate of drug-likeness (QED) is 0.695. The van der Waals surface area contributed by atoms with Gasteiger partial charge >= 0.3 is 5.97 Å². The van der Waals surface area contributed by atoms with Crippen LogP contribution in [0.5, 0.6) is 0 Å². The maximum Gasteiger partial charge on any atom is 0.333 e. The molecule has 0 aromatic rings. The molecule has 0 fully saturated rings. The SMILES string of the molecule is CCCOC(C(=O)O)C(C)(C)CC. The first kappa shape index (κ1) is 12.4. The molecule has 1 atom stereocenters. The summed E-state index contributed by atoms with van der Waals surface area (Å²) < 4.78 is 5.31. The Hall–Kier alpha value is -0.570. The number of carbonyl (C=O) groups is 1. The molecule has 0 aliphatic rings. The highest BCUT2D eigenvalue weighted by Gasteiger charge is 2.34. The molecule has 0 spiro atoms. The molecular formula is C10H20O3. The molecule has 0 aliphatic heterocycles. The lowest BCUT2D eigenvalue weighted by Crippen LogP contribution is -2.38. The van der Waals surface area contributed by atoms with Crippen molar-refractivity contribution in [2.45, 2.75) is 46.6 Å². The van der Waals surface area contributed by atoms with Crippen LogP contribution in [-0.2, 0) is 9.53 Å². The van der Waals surface area contributed by atoms with E-state index in [2.05, 4.69) is 0 Å². The third kappa shape index (κ3) is 3.77. The van der Waals surface area contributed by atoms with Crippen molar-refractivity contribution < 1.29 is 14.6 Å². The molecule has 0 heterocycles. The van der Waals surface area contributed by atoms with Gasteiger partial charge in [-0.1, -0.05) is 27.7 Å². The third-order valence-electron chi connectivity index (χ3n) is 2.33. The fourth-order valence-corrected chi connectivity index (χ4v) is 1.05. The van der Waals surface area contributed by atoms with Crippen molar-refractivity contribution in [1.29, 1.82) is 0 Å². The van der Waals surface area contributed by atoms with Gasteiger partial charge in [0.05, 0.1) is 0 Å². The van der Waals surface area contributed by atoms with Crippen LogP contribution >= 0.6 is 0 Å². The molecule has 0 amide bonds. The molecule has 0 radical (unpaired) electrons. The Balaban J connectivity index is 4.32. The summed E-state index contributed by atoms with van der Waals surface area (Å²) in [5.74, 6) is -0.861. The highest BCUT2D eigenvalue weighted by Crippen LogP contribution is 2.27. The van der Waals surface area contributed by atoms with Crippen molar-refractivity contribution in [3.8, 4) is 0 Å². The Morgan fingerprint density at radius 1 is 1.46 bits per heavy atom. The predicted molar refractivity (Wildman–Crippen MR) is 51.7 cm³/mol. The summed E-state index contributed by atoms with van der Waals surface area (Å²) in [5, 5.41) is 8.94. The minimum absolute atomic E-state index is 0.291. The Kier molecular flexibility index (Phi) is 4.99. The minimum atomic E-state index is -0.861. The Morgan fingerprint density at radius 2 is 2.00 bits per heavy atom. The molecule has 1 unspecified atom stereocenters. The summed E-state index contributed by atoms with van der Waals surface area (Å²) in [7, 11) is 0. The normalized spacial score (nSPS) is 14.2. The van der Waals surface area contributed by atoms with Gasteiger partial charge in [0, 0.05) is 12.0 Å². The number of ether oxygens (including phenoxy) is 1. The molecule has 3 heteroatoms. The van der Waals surface area contributed by atoms with Crippen LogP contribution in [0.15, 0.2) is 0 Å². The van der Waals surface area contributed by atoms with Crippen molar-refractivity contribution in [3.63, 3.8) is 0 Å². The molecule has 0 saturated heterocycles. The fraction of sp³-hybridized carbons (Fsp3) is 0.900. The molecule has 0 aliphatic carbocycles. The second kappa shape index (κ2) is 5.22. The van der Waals surface area contributed by atoms with E-state index in [9.17, 15) is 4.79 Å². The Labute approximate surface area is 80.1 Å². The molecule has 3 nitrogen and oxygen atoms in total. The van der Waals surface area contributed by atoms with Crippen molar-refractivity contribution in [2.24, 2.45) is 5.41 Å². The number of hydrogen-bond acceptors (Lipinski definition) is 2. The number of hydrogen-bond donors (Lipinski definition) is 1. The lowest BCUT2D eigenvalue weighted by molar-refractivity contribution is -0.159. The van der Waals surface area contributed by atoms with Crippen LogP contribution < -0.4 is 0 Å². The van der Waals surface area contributed by atoms with E-state index in [0.717, 1.165) is 12.8 Å². The van der Waals surface area contributed by atoms with Crippen LogP contribution in [0.2, 0.25) is 0 Å². The molecule has 0 aromatic carbocycles. The van der Waals surface area contributed by atoms with Crippen LogP contribution in [0.1, 0.15) is 40.5 Å². The zero-order valence-electron chi connectivity index (χ0n) is 8.96. The van der Waals surface area contributed by atoms with Crippen LogP contribution in [0.25, 0.3) is 0 Å². The van der Waals surface area contributed by atoms with E-state index in [-0.39, 0.29) is 5.41 Å². The minimum Gasteiger partial charge on any atom is -0.479 e. The van der Waals surface area contributed by atoms with Crippen LogP contribution in [-0.4, -0.2) is 23.8 Å². The van der Waals surface area contributed by atoms with Gasteiger partial charge in [-0.15, -0.1) is 0 Å². The number of carboxylic acid groups (broad SMARTS) is 1. The molecule has 78 valence electrons. The highest BCUT2D eigenvalue weighted by atomic mass is 16.5. The van der Waals surface area contributed by atoms with Gasteiger partial charge < -0.3 is 9.84 Å². The zero-order valence-corrected chi connectivity index (χ0v) is 8.96. The largest absolute Gasteiger partial charge is 0.479 e. The summed E-state index contributed by atoms with van der Waals surface area (Å²) in [5.41, 5.74) is -0.291.